The maximum Gasteiger partial charge on any atom is 0.228 e. The van der Waals surface area contributed by atoms with E-state index in [9.17, 15) is 9.90 Å². The van der Waals surface area contributed by atoms with Crippen LogP contribution in [0.3, 0.4) is 0 Å². The quantitative estimate of drug-likeness (QED) is 0.639. The summed E-state index contributed by atoms with van der Waals surface area (Å²) in [7, 11) is 0. The molecule has 0 saturated carbocycles. The van der Waals surface area contributed by atoms with E-state index in [0.29, 0.717) is 18.7 Å². The van der Waals surface area contributed by atoms with Crippen molar-refractivity contribution in [2.24, 2.45) is 0 Å². The molecular formula is C13H17N3O2. The summed E-state index contributed by atoms with van der Waals surface area (Å²) >= 11 is 0. The number of hydrogen-bond acceptors (Lipinski definition) is 4. The smallest absolute Gasteiger partial charge is 0.228 e. The molecular weight excluding hydrogens is 230 g/mol. The molecule has 0 aliphatic carbocycles. The molecule has 5 nitrogen and oxygen atoms in total. The largest absolute Gasteiger partial charge is 0.397 e. The van der Waals surface area contributed by atoms with E-state index < -0.39 is 5.60 Å². The van der Waals surface area contributed by atoms with Gasteiger partial charge in [-0.25, -0.2) is 0 Å². The number of β-amino-alcohol motifs (C(OH)–C–C–N with tert-alkyl or cyclic N) is 1. The molecule has 0 spiro atoms. The average Bonchev–Trinajstić information content (AvgIpc) is 2.78. The highest BCUT2D eigenvalue weighted by atomic mass is 16.3. The lowest BCUT2D eigenvalue weighted by atomic mass is 10.1. The fourth-order valence-electron chi connectivity index (χ4n) is 2.71. The van der Waals surface area contributed by atoms with Gasteiger partial charge in [0.2, 0.25) is 5.91 Å². The second-order valence-corrected chi connectivity index (χ2v) is 5.46. The van der Waals surface area contributed by atoms with Crippen LogP contribution in [0.2, 0.25) is 0 Å². The minimum absolute atomic E-state index is 0.00923. The highest BCUT2D eigenvalue weighted by Gasteiger charge is 2.33. The van der Waals surface area contributed by atoms with Crippen LogP contribution in [0.5, 0.6) is 0 Å². The van der Waals surface area contributed by atoms with Gasteiger partial charge in [-0.1, -0.05) is 0 Å². The van der Waals surface area contributed by atoms with Gasteiger partial charge in [0, 0.05) is 18.8 Å². The zero-order chi connectivity index (χ0) is 12.9. The van der Waals surface area contributed by atoms with Gasteiger partial charge in [0.05, 0.1) is 23.4 Å². The van der Waals surface area contributed by atoms with Crippen molar-refractivity contribution >= 4 is 23.0 Å². The first-order valence-corrected chi connectivity index (χ1v) is 6.14. The van der Waals surface area contributed by atoms with Crippen LogP contribution in [0, 0.1) is 0 Å². The summed E-state index contributed by atoms with van der Waals surface area (Å²) in [6.45, 7) is 3.19. The molecule has 1 atom stereocenters. The fraction of sp³-hybridized carbons (Fsp3) is 0.462. The van der Waals surface area contributed by atoms with Crippen molar-refractivity contribution in [3.63, 3.8) is 0 Å². The molecule has 3 rings (SSSR count). The van der Waals surface area contributed by atoms with E-state index >= 15 is 0 Å². The summed E-state index contributed by atoms with van der Waals surface area (Å²) in [6.07, 6.45) is 1.13. The second kappa shape index (κ2) is 3.62. The zero-order valence-corrected chi connectivity index (χ0v) is 10.4. The predicted molar refractivity (Wildman–Crippen MR) is 70.6 cm³/mol. The summed E-state index contributed by atoms with van der Waals surface area (Å²) in [5, 5.41) is 12.8. The molecule has 1 aromatic carbocycles. The number of nitrogens with zero attached hydrogens (tertiary/aromatic N) is 1. The average molecular weight is 247 g/mol. The lowest BCUT2D eigenvalue weighted by Gasteiger charge is -2.23. The molecule has 5 heteroatoms. The van der Waals surface area contributed by atoms with Gasteiger partial charge in [0.25, 0.3) is 0 Å². The maximum atomic E-state index is 11.3. The molecule has 0 radical (unpaired) electrons. The number of amides is 1. The Kier molecular flexibility index (Phi) is 2.28. The minimum atomic E-state index is -0.658. The van der Waals surface area contributed by atoms with Crippen LogP contribution < -0.4 is 16.0 Å². The van der Waals surface area contributed by atoms with E-state index in [1.807, 2.05) is 19.1 Å². The molecule has 4 N–H and O–H groups in total. The first-order chi connectivity index (χ1) is 8.44. The van der Waals surface area contributed by atoms with Crippen molar-refractivity contribution in [3.05, 3.63) is 17.7 Å². The van der Waals surface area contributed by atoms with E-state index in [2.05, 4.69) is 10.2 Å². The minimum Gasteiger partial charge on any atom is -0.397 e. The number of fused-ring (bicyclic) bond motifs is 1. The van der Waals surface area contributed by atoms with E-state index in [1.165, 1.54) is 0 Å². The Morgan fingerprint density at radius 3 is 2.94 bits per heavy atom. The number of carbonyl (C=O) groups is 1. The fourth-order valence-corrected chi connectivity index (χ4v) is 2.71. The summed E-state index contributed by atoms with van der Waals surface area (Å²) in [5.74, 6) is 0.00923. The van der Waals surface area contributed by atoms with Crippen LogP contribution in [-0.4, -0.2) is 29.7 Å². The van der Waals surface area contributed by atoms with Crippen molar-refractivity contribution in [1.82, 2.24) is 0 Å². The second-order valence-electron chi connectivity index (χ2n) is 5.46. The first-order valence-electron chi connectivity index (χ1n) is 6.14. The highest BCUT2D eigenvalue weighted by Crippen LogP contribution is 2.36. The molecule has 1 unspecified atom stereocenters. The predicted octanol–water partition coefficient (Wildman–Crippen LogP) is 0.724. The van der Waals surface area contributed by atoms with Gasteiger partial charge in [-0.05, 0) is 31.0 Å². The number of nitrogens with two attached hydrogens (primary N) is 1. The van der Waals surface area contributed by atoms with Gasteiger partial charge in [-0.2, -0.15) is 0 Å². The lowest BCUT2D eigenvalue weighted by molar-refractivity contribution is -0.115. The van der Waals surface area contributed by atoms with Gasteiger partial charge in [0.15, 0.2) is 0 Å². The third-order valence-corrected chi connectivity index (χ3v) is 3.67. The van der Waals surface area contributed by atoms with Crippen LogP contribution in [0.15, 0.2) is 12.1 Å². The molecule has 18 heavy (non-hydrogen) atoms. The summed E-state index contributed by atoms with van der Waals surface area (Å²) in [6, 6.07) is 3.77. The van der Waals surface area contributed by atoms with Crippen LogP contribution in [0.25, 0.3) is 0 Å². The van der Waals surface area contributed by atoms with Gasteiger partial charge in [-0.3, -0.25) is 4.79 Å². The Balaban J connectivity index is 1.94. The molecule has 1 amide bonds. The molecule has 1 aromatic rings. The number of nitrogens with one attached hydrogen (secondary N) is 1. The van der Waals surface area contributed by atoms with Gasteiger partial charge < -0.3 is 21.1 Å². The Morgan fingerprint density at radius 1 is 1.50 bits per heavy atom. The van der Waals surface area contributed by atoms with Crippen LogP contribution >= 0.6 is 0 Å². The third kappa shape index (κ3) is 1.80. The summed E-state index contributed by atoms with van der Waals surface area (Å²) < 4.78 is 0. The van der Waals surface area contributed by atoms with Crippen molar-refractivity contribution in [3.8, 4) is 0 Å². The maximum absolute atomic E-state index is 11.3. The standard InChI is InChI=1S/C13H17N3O2/c1-13(18)2-3-16(7-13)11-6-10-8(4-9(11)14)5-12(17)15-10/h4,6,18H,2-3,5,7,14H2,1H3,(H,15,17). The molecule has 1 fully saturated rings. The number of benzene rings is 1. The highest BCUT2D eigenvalue weighted by molar-refractivity contribution is 6.00. The number of carbonyl (C=O) groups excluding carboxylic acids is 1. The zero-order valence-electron chi connectivity index (χ0n) is 10.4. The Morgan fingerprint density at radius 2 is 2.28 bits per heavy atom. The first kappa shape index (κ1) is 11.3. The van der Waals surface area contributed by atoms with Crippen molar-refractivity contribution in [1.29, 1.82) is 0 Å². The Hall–Kier alpha value is -1.75. The van der Waals surface area contributed by atoms with Gasteiger partial charge in [0.1, 0.15) is 0 Å². The van der Waals surface area contributed by atoms with Gasteiger partial charge >= 0.3 is 0 Å². The summed E-state index contributed by atoms with van der Waals surface area (Å²) in [4.78, 5) is 13.4. The SMILES string of the molecule is CC1(O)CCN(c2cc3c(cc2N)CC(=O)N3)C1. The van der Waals surface area contributed by atoms with E-state index in [1.54, 1.807) is 0 Å². The molecule has 96 valence electrons. The number of anilines is 3. The molecule has 2 aliphatic rings. The topological polar surface area (TPSA) is 78.6 Å². The Bertz CT molecular complexity index is 525. The molecule has 0 bridgehead atoms. The van der Waals surface area contributed by atoms with E-state index in [4.69, 9.17) is 5.73 Å². The Labute approximate surface area is 106 Å². The van der Waals surface area contributed by atoms with Crippen molar-refractivity contribution < 1.29 is 9.90 Å². The number of rotatable bonds is 1. The molecule has 0 aromatic heterocycles. The van der Waals surface area contributed by atoms with Crippen molar-refractivity contribution in [2.45, 2.75) is 25.4 Å². The normalized spacial score (nSPS) is 26.3. The van der Waals surface area contributed by atoms with Gasteiger partial charge in [-0.15, -0.1) is 0 Å². The lowest BCUT2D eigenvalue weighted by Crippen LogP contribution is -2.30. The monoisotopic (exact) mass is 247 g/mol. The third-order valence-electron chi connectivity index (χ3n) is 3.67. The van der Waals surface area contributed by atoms with Crippen LogP contribution in [0.1, 0.15) is 18.9 Å². The summed E-state index contributed by atoms with van der Waals surface area (Å²) in [5.41, 5.74) is 8.75. The van der Waals surface area contributed by atoms with Crippen LogP contribution in [-0.2, 0) is 11.2 Å². The van der Waals surface area contributed by atoms with E-state index in [0.717, 1.165) is 29.9 Å². The van der Waals surface area contributed by atoms with Crippen molar-refractivity contribution in [2.75, 3.05) is 29.0 Å². The number of aliphatic hydroxyl groups is 1. The van der Waals surface area contributed by atoms with E-state index in [-0.39, 0.29) is 5.91 Å². The molecule has 1 saturated heterocycles. The molecule has 2 heterocycles. The number of hydrogen-bond donors (Lipinski definition) is 3. The number of nitrogen functional groups attached to an aromatic ring is 1. The molecule has 2 aliphatic heterocycles. The van der Waals surface area contributed by atoms with Crippen LogP contribution in [0.4, 0.5) is 17.1 Å².